The summed E-state index contributed by atoms with van der Waals surface area (Å²) in [4.78, 5) is 15.9. The van der Waals surface area contributed by atoms with Crippen LogP contribution in [0.1, 0.15) is 56.4 Å². The standard InChI is InChI=1S/C25H31FN2O5S/c1-15(2)24-21(10-9-19(30)14-20(31)13-16(3)29)23(17-5-7-18(26)8-6-17)22-11-12-34(32,33)28(4)25(22)27-24/h5-10,15,19-20,30-31H,11-14H2,1-4H3/b10-9+/t19-,20+/m1/s1. The van der Waals surface area contributed by atoms with Gasteiger partial charge < -0.3 is 10.2 Å². The number of Topliss-reactive ketones (excluding diaryl/α,β-unsaturated/α-hetero) is 1. The van der Waals surface area contributed by atoms with Crippen LogP contribution in [0.25, 0.3) is 17.2 Å². The first-order valence-electron chi connectivity index (χ1n) is 11.2. The summed E-state index contributed by atoms with van der Waals surface area (Å²) in [5.41, 5.74) is 3.52. The lowest BCUT2D eigenvalue weighted by molar-refractivity contribution is -0.119. The van der Waals surface area contributed by atoms with Gasteiger partial charge in [-0.15, -0.1) is 0 Å². The summed E-state index contributed by atoms with van der Waals surface area (Å²) in [5.74, 6) is -0.354. The normalized spacial score (nSPS) is 17.1. The Balaban J connectivity index is 2.18. The molecule has 1 aromatic carbocycles. The van der Waals surface area contributed by atoms with Gasteiger partial charge in [-0.2, -0.15) is 0 Å². The summed E-state index contributed by atoms with van der Waals surface area (Å²) in [5, 5.41) is 20.5. The highest BCUT2D eigenvalue weighted by Gasteiger charge is 2.32. The number of carbonyl (C=O) groups is 1. The van der Waals surface area contributed by atoms with Gasteiger partial charge in [0, 0.05) is 31.0 Å². The monoisotopic (exact) mass is 490 g/mol. The van der Waals surface area contributed by atoms with E-state index in [0.717, 1.165) is 11.1 Å². The average molecular weight is 491 g/mol. The molecule has 184 valence electrons. The van der Waals surface area contributed by atoms with Crippen LogP contribution in [-0.2, 0) is 21.2 Å². The maximum atomic E-state index is 13.7. The van der Waals surface area contributed by atoms with Gasteiger partial charge in [0.2, 0.25) is 10.0 Å². The van der Waals surface area contributed by atoms with Gasteiger partial charge in [0.1, 0.15) is 17.4 Å². The Morgan fingerprint density at radius 2 is 1.88 bits per heavy atom. The maximum absolute atomic E-state index is 13.7. The zero-order valence-electron chi connectivity index (χ0n) is 19.8. The predicted molar refractivity (Wildman–Crippen MR) is 131 cm³/mol. The van der Waals surface area contributed by atoms with Crippen LogP contribution < -0.4 is 4.31 Å². The Labute approximate surface area is 200 Å². The van der Waals surface area contributed by atoms with Crippen molar-refractivity contribution in [1.82, 2.24) is 4.98 Å². The second kappa shape index (κ2) is 10.3. The molecule has 1 aromatic heterocycles. The van der Waals surface area contributed by atoms with E-state index in [-0.39, 0.29) is 42.5 Å². The van der Waals surface area contributed by atoms with E-state index in [1.807, 2.05) is 13.8 Å². The molecule has 1 aliphatic rings. The van der Waals surface area contributed by atoms with E-state index in [1.165, 1.54) is 36.5 Å². The van der Waals surface area contributed by atoms with Crippen LogP contribution in [-0.4, -0.2) is 54.4 Å². The van der Waals surface area contributed by atoms with Crippen LogP contribution in [0.3, 0.4) is 0 Å². The highest BCUT2D eigenvalue weighted by molar-refractivity contribution is 7.92. The van der Waals surface area contributed by atoms with Crippen molar-refractivity contribution >= 4 is 27.7 Å². The van der Waals surface area contributed by atoms with Gasteiger partial charge in [-0.05, 0) is 42.5 Å². The fourth-order valence-corrected chi connectivity index (χ4v) is 5.33. The summed E-state index contributed by atoms with van der Waals surface area (Å²) < 4.78 is 40.0. The molecule has 0 saturated carbocycles. The molecular weight excluding hydrogens is 459 g/mol. The second-order valence-corrected chi connectivity index (χ2v) is 11.1. The van der Waals surface area contributed by atoms with Gasteiger partial charge in [-0.1, -0.05) is 38.1 Å². The third-order valence-corrected chi connectivity index (χ3v) is 7.60. The van der Waals surface area contributed by atoms with Crippen LogP contribution in [0, 0.1) is 5.82 Å². The quantitative estimate of drug-likeness (QED) is 0.587. The largest absolute Gasteiger partial charge is 0.393 e. The minimum atomic E-state index is -3.49. The number of aliphatic hydroxyl groups excluding tert-OH is 2. The minimum absolute atomic E-state index is 0.00166. The zero-order chi connectivity index (χ0) is 25.2. The zero-order valence-corrected chi connectivity index (χ0v) is 20.6. The van der Waals surface area contributed by atoms with Crippen molar-refractivity contribution in [3.05, 3.63) is 53.0 Å². The number of nitrogens with zero attached hydrogens (tertiary/aromatic N) is 2. The third kappa shape index (κ3) is 5.71. The van der Waals surface area contributed by atoms with E-state index in [9.17, 15) is 27.8 Å². The lowest BCUT2D eigenvalue weighted by Crippen LogP contribution is -2.36. The maximum Gasteiger partial charge on any atom is 0.236 e. The van der Waals surface area contributed by atoms with Crippen LogP contribution in [0.15, 0.2) is 30.3 Å². The fourth-order valence-electron chi connectivity index (χ4n) is 4.18. The molecule has 0 amide bonds. The molecule has 0 saturated heterocycles. The molecule has 9 heteroatoms. The van der Waals surface area contributed by atoms with E-state index in [4.69, 9.17) is 4.98 Å². The summed E-state index contributed by atoms with van der Waals surface area (Å²) in [6.07, 6.45) is 1.50. The van der Waals surface area contributed by atoms with Crippen molar-refractivity contribution in [3.63, 3.8) is 0 Å². The van der Waals surface area contributed by atoms with Crippen molar-refractivity contribution < 1.29 is 27.8 Å². The molecule has 0 radical (unpaired) electrons. The number of pyridine rings is 1. The molecule has 2 heterocycles. The van der Waals surface area contributed by atoms with E-state index in [0.29, 0.717) is 22.6 Å². The number of hydrogen-bond donors (Lipinski definition) is 2. The topological polar surface area (TPSA) is 108 Å². The Morgan fingerprint density at radius 1 is 1.24 bits per heavy atom. The molecule has 2 N–H and O–H groups in total. The van der Waals surface area contributed by atoms with Crippen molar-refractivity contribution in [3.8, 4) is 11.1 Å². The van der Waals surface area contributed by atoms with Crippen molar-refractivity contribution in [1.29, 1.82) is 0 Å². The lowest BCUT2D eigenvalue weighted by atomic mass is 9.89. The number of rotatable bonds is 8. The molecule has 0 aliphatic carbocycles. The molecule has 34 heavy (non-hydrogen) atoms. The first-order valence-corrected chi connectivity index (χ1v) is 12.8. The summed E-state index contributed by atoms with van der Waals surface area (Å²) in [6.45, 7) is 5.25. The van der Waals surface area contributed by atoms with Gasteiger partial charge in [0.25, 0.3) is 0 Å². The fraction of sp³-hybridized carbons (Fsp3) is 0.440. The number of aliphatic hydroxyl groups is 2. The number of aromatic nitrogens is 1. The molecule has 0 bridgehead atoms. The lowest BCUT2D eigenvalue weighted by Gasteiger charge is -2.30. The predicted octanol–water partition coefficient (Wildman–Crippen LogP) is 3.44. The van der Waals surface area contributed by atoms with E-state index >= 15 is 0 Å². The SMILES string of the molecule is CC(=O)C[C@H](O)C[C@H](O)/C=C/c1c(C(C)C)nc2c(c1-c1ccc(F)cc1)CCS(=O)(=O)N2C. The smallest absolute Gasteiger partial charge is 0.236 e. The number of ketones is 1. The molecule has 3 rings (SSSR count). The van der Waals surface area contributed by atoms with E-state index < -0.39 is 22.2 Å². The van der Waals surface area contributed by atoms with E-state index in [1.54, 1.807) is 18.2 Å². The number of sulfonamides is 1. The van der Waals surface area contributed by atoms with Crippen molar-refractivity contribution in [2.24, 2.45) is 0 Å². The first-order chi connectivity index (χ1) is 15.9. The Morgan fingerprint density at radius 3 is 2.47 bits per heavy atom. The Bertz CT molecular complexity index is 1190. The summed E-state index contributed by atoms with van der Waals surface area (Å²) in [7, 11) is -2.01. The molecule has 7 nitrogen and oxygen atoms in total. The molecule has 0 spiro atoms. The van der Waals surface area contributed by atoms with Gasteiger partial charge >= 0.3 is 0 Å². The molecule has 0 unspecified atom stereocenters. The number of hydrogen-bond acceptors (Lipinski definition) is 6. The number of fused-ring (bicyclic) bond motifs is 1. The van der Waals surface area contributed by atoms with Gasteiger partial charge in [-0.3, -0.25) is 9.10 Å². The van der Waals surface area contributed by atoms with Crippen molar-refractivity contribution in [2.75, 3.05) is 17.1 Å². The summed E-state index contributed by atoms with van der Waals surface area (Å²) in [6, 6.07) is 5.98. The average Bonchev–Trinajstić information content (AvgIpc) is 2.74. The van der Waals surface area contributed by atoms with Crippen LogP contribution in [0.2, 0.25) is 0 Å². The van der Waals surface area contributed by atoms with Crippen LogP contribution in [0.4, 0.5) is 10.2 Å². The van der Waals surface area contributed by atoms with Gasteiger partial charge in [0.15, 0.2) is 0 Å². The molecule has 0 fully saturated rings. The minimum Gasteiger partial charge on any atom is -0.393 e. The highest BCUT2D eigenvalue weighted by Crippen LogP contribution is 2.41. The van der Waals surface area contributed by atoms with Gasteiger partial charge in [0.05, 0.1) is 23.7 Å². The number of carbonyl (C=O) groups excluding carboxylic acids is 1. The first kappa shape index (κ1) is 26.0. The number of halogens is 1. The Kier molecular flexibility index (Phi) is 7.90. The van der Waals surface area contributed by atoms with Crippen LogP contribution >= 0.6 is 0 Å². The molecular formula is C25H31FN2O5S. The van der Waals surface area contributed by atoms with Gasteiger partial charge in [-0.25, -0.2) is 17.8 Å². The van der Waals surface area contributed by atoms with Crippen molar-refractivity contribution in [2.45, 2.75) is 58.2 Å². The molecule has 2 aromatic rings. The number of anilines is 1. The Hall–Kier alpha value is -2.62. The number of benzene rings is 1. The second-order valence-electron chi connectivity index (χ2n) is 9.01. The van der Waals surface area contributed by atoms with E-state index in [2.05, 4.69) is 0 Å². The third-order valence-electron chi connectivity index (χ3n) is 5.87. The molecule has 1 aliphatic heterocycles. The summed E-state index contributed by atoms with van der Waals surface area (Å²) >= 11 is 0. The van der Waals surface area contributed by atoms with Crippen LogP contribution in [0.5, 0.6) is 0 Å². The highest BCUT2D eigenvalue weighted by atomic mass is 32.2. The molecule has 2 atom stereocenters.